The molecule has 0 aliphatic heterocycles. The summed E-state index contributed by atoms with van der Waals surface area (Å²) in [7, 11) is 4.08. The average molecular weight is 235 g/mol. The first-order valence-corrected chi connectivity index (χ1v) is 6.42. The van der Waals surface area contributed by atoms with Crippen LogP contribution in [0, 0.1) is 5.92 Å². The topological polar surface area (TPSA) is 28.2 Å². The average Bonchev–Trinajstić information content (AvgIpc) is 2.37. The summed E-state index contributed by atoms with van der Waals surface area (Å²) in [5, 5.41) is 3.20. The van der Waals surface area contributed by atoms with Crippen LogP contribution in [0.15, 0.2) is 18.3 Å². The Kier molecular flexibility index (Phi) is 5.42. The van der Waals surface area contributed by atoms with Gasteiger partial charge >= 0.3 is 0 Å². The minimum absolute atomic E-state index is 0.309. The third-order valence-electron chi connectivity index (χ3n) is 3.37. The van der Waals surface area contributed by atoms with Crippen LogP contribution >= 0.6 is 0 Å². The number of rotatable bonds is 6. The zero-order valence-electron chi connectivity index (χ0n) is 11.7. The van der Waals surface area contributed by atoms with Crippen molar-refractivity contribution in [2.45, 2.75) is 33.2 Å². The Morgan fingerprint density at radius 2 is 2.06 bits per heavy atom. The van der Waals surface area contributed by atoms with Gasteiger partial charge in [-0.3, -0.25) is 4.98 Å². The van der Waals surface area contributed by atoms with Gasteiger partial charge in [0.05, 0.1) is 17.6 Å². The molecule has 96 valence electrons. The Bertz CT molecular complexity index is 321. The summed E-state index contributed by atoms with van der Waals surface area (Å²) in [4.78, 5) is 6.77. The molecule has 1 rings (SSSR count). The smallest absolute Gasteiger partial charge is 0.0571 e. The lowest BCUT2D eigenvalue weighted by atomic mass is 10.1. The number of nitrogens with zero attached hydrogens (tertiary/aromatic N) is 2. The van der Waals surface area contributed by atoms with Crippen molar-refractivity contribution in [3.05, 3.63) is 24.0 Å². The monoisotopic (exact) mass is 235 g/mol. The molecule has 0 amide bonds. The van der Waals surface area contributed by atoms with Crippen molar-refractivity contribution in [1.82, 2.24) is 10.3 Å². The van der Waals surface area contributed by atoms with Crippen LogP contribution in [0.4, 0.5) is 5.69 Å². The number of anilines is 1. The van der Waals surface area contributed by atoms with Gasteiger partial charge in [0.2, 0.25) is 0 Å². The minimum Gasteiger partial charge on any atom is -0.373 e. The molecule has 2 unspecified atom stereocenters. The molecule has 1 aromatic rings. The van der Waals surface area contributed by atoms with Gasteiger partial charge in [0.1, 0.15) is 0 Å². The van der Waals surface area contributed by atoms with E-state index in [1.165, 1.54) is 12.1 Å². The highest BCUT2D eigenvalue weighted by atomic mass is 15.1. The second kappa shape index (κ2) is 6.60. The highest BCUT2D eigenvalue weighted by molar-refractivity contribution is 5.43. The number of nitrogens with one attached hydrogen (secondary N) is 1. The summed E-state index contributed by atoms with van der Waals surface area (Å²) in [6.45, 7) is 7.71. The summed E-state index contributed by atoms with van der Waals surface area (Å²) in [6, 6.07) is 4.56. The van der Waals surface area contributed by atoms with E-state index >= 15 is 0 Å². The third kappa shape index (κ3) is 4.00. The van der Waals surface area contributed by atoms with Crippen LogP contribution in [0.25, 0.3) is 0 Å². The quantitative estimate of drug-likeness (QED) is 0.822. The van der Waals surface area contributed by atoms with Crippen LogP contribution in [0.1, 0.15) is 38.9 Å². The maximum absolute atomic E-state index is 4.50. The van der Waals surface area contributed by atoms with Crippen LogP contribution in [0.2, 0.25) is 0 Å². The first kappa shape index (κ1) is 14.0. The fourth-order valence-corrected chi connectivity index (χ4v) is 1.73. The van der Waals surface area contributed by atoms with E-state index in [0.29, 0.717) is 6.04 Å². The molecule has 0 aliphatic rings. The van der Waals surface area contributed by atoms with Gasteiger partial charge < -0.3 is 10.2 Å². The van der Waals surface area contributed by atoms with Crippen LogP contribution in [-0.2, 0) is 0 Å². The molecule has 0 bridgehead atoms. The molecule has 17 heavy (non-hydrogen) atoms. The molecule has 0 fully saturated rings. The Labute approximate surface area is 105 Å². The van der Waals surface area contributed by atoms with Gasteiger partial charge in [0.15, 0.2) is 0 Å². The van der Waals surface area contributed by atoms with Gasteiger partial charge in [-0.2, -0.15) is 0 Å². The molecule has 0 aliphatic carbocycles. The molecule has 0 aromatic carbocycles. The fourth-order valence-electron chi connectivity index (χ4n) is 1.73. The maximum atomic E-state index is 4.50. The largest absolute Gasteiger partial charge is 0.373 e. The Morgan fingerprint density at radius 3 is 2.53 bits per heavy atom. The van der Waals surface area contributed by atoms with E-state index in [-0.39, 0.29) is 0 Å². The van der Waals surface area contributed by atoms with Crippen molar-refractivity contribution in [3.63, 3.8) is 0 Å². The summed E-state index contributed by atoms with van der Waals surface area (Å²) < 4.78 is 0. The number of pyridine rings is 1. The first-order valence-electron chi connectivity index (χ1n) is 6.42. The molecule has 0 spiro atoms. The minimum atomic E-state index is 0.309. The first-order chi connectivity index (χ1) is 8.08. The molecule has 0 radical (unpaired) electrons. The van der Waals surface area contributed by atoms with Gasteiger partial charge in [0, 0.05) is 19.6 Å². The van der Waals surface area contributed by atoms with Crippen molar-refractivity contribution < 1.29 is 0 Å². The molecule has 1 N–H and O–H groups in total. The van der Waals surface area contributed by atoms with E-state index in [4.69, 9.17) is 0 Å². The zero-order chi connectivity index (χ0) is 12.8. The fraction of sp³-hybridized carbons (Fsp3) is 0.643. The normalized spacial score (nSPS) is 14.4. The lowest BCUT2D eigenvalue weighted by Crippen LogP contribution is -2.24. The molecular formula is C14H25N3. The predicted molar refractivity (Wildman–Crippen MR) is 74.4 cm³/mol. The summed E-state index contributed by atoms with van der Waals surface area (Å²) in [5.74, 6) is 0.718. The van der Waals surface area contributed by atoms with Gasteiger partial charge in [-0.25, -0.2) is 0 Å². The van der Waals surface area contributed by atoms with Crippen LogP contribution in [0.5, 0.6) is 0 Å². The van der Waals surface area contributed by atoms with E-state index in [9.17, 15) is 0 Å². The van der Waals surface area contributed by atoms with Crippen molar-refractivity contribution in [2.24, 2.45) is 5.92 Å². The molecule has 1 aromatic heterocycles. The predicted octanol–water partition coefficient (Wildman–Crippen LogP) is 2.84. The van der Waals surface area contributed by atoms with Gasteiger partial charge in [0.25, 0.3) is 0 Å². The van der Waals surface area contributed by atoms with Crippen molar-refractivity contribution in [1.29, 1.82) is 0 Å². The third-order valence-corrected chi connectivity index (χ3v) is 3.37. The van der Waals surface area contributed by atoms with E-state index < -0.39 is 0 Å². The molecular weight excluding hydrogens is 210 g/mol. The lowest BCUT2D eigenvalue weighted by Gasteiger charge is -2.23. The number of hydrogen-bond acceptors (Lipinski definition) is 3. The van der Waals surface area contributed by atoms with E-state index in [1.54, 1.807) is 0 Å². The Morgan fingerprint density at radius 1 is 1.35 bits per heavy atom. The van der Waals surface area contributed by atoms with Crippen molar-refractivity contribution >= 4 is 5.69 Å². The number of aromatic nitrogens is 1. The second-order valence-corrected chi connectivity index (χ2v) is 4.85. The summed E-state index contributed by atoms with van der Waals surface area (Å²) >= 11 is 0. The molecule has 3 heteroatoms. The molecule has 2 atom stereocenters. The zero-order valence-corrected chi connectivity index (χ0v) is 11.7. The Hall–Kier alpha value is -1.09. The van der Waals surface area contributed by atoms with Gasteiger partial charge in [-0.05, 0) is 32.0 Å². The summed E-state index contributed by atoms with van der Waals surface area (Å²) in [6.07, 6.45) is 3.18. The lowest BCUT2D eigenvalue weighted by molar-refractivity contribution is 0.559. The van der Waals surface area contributed by atoms with E-state index in [2.05, 4.69) is 55.2 Å². The highest BCUT2D eigenvalue weighted by Gasteiger charge is 2.08. The second-order valence-electron chi connectivity index (χ2n) is 4.85. The van der Waals surface area contributed by atoms with E-state index in [0.717, 1.165) is 18.2 Å². The van der Waals surface area contributed by atoms with Crippen molar-refractivity contribution in [2.75, 3.05) is 25.5 Å². The van der Waals surface area contributed by atoms with Crippen molar-refractivity contribution in [3.8, 4) is 0 Å². The highest BCUT2D eigenvalue weighted by Crippen LogP contribution is 2.16. The SMILES string of the molecule is CCC(C)CN(C)c1ccc(C(C)NC)nc1. The molecule has 0 saturated carbocycles. The van der Waals surface area contributed by atoms with Crippen LogP contribution in [0.3, 0.4) is 0 Å². The Balaban J connectivity index is 2.66. The summed E-state index contributed by atoms with van der Waals surface area (Å²) in [5.41, 5.74) is 2.28. The van der Waals surface area contributed by atoms with Crippen LogP contribution in [-0.4, -0.2) is 25.6 Å². The van der Waals surface area contributed by atoms with Gasteiger partial charge in [-0.1, -0.05) is 20.3 Å². The van der Waals surface area contributed by atoms with E-state index in [1.807, 2.05) is 13.2 Å². The van der Waals surface area contributed by atoms with Gasteiger partial charge in [-0.15, -0.1) is 0 Å². The molecule has 0 saturated heterocycles. The molecule has 1 heterocycles. The number of hydrogen-bond donors (Lipinski definition) is 1. The maximum Gasteiger partial charge on any atom is 0.0571 e. The molecule has 3 nitrogen and oxygen atoms in total. The standard InChI is InChI=1S/C14H25N3/c1-6-11(2)10-17(5)13-7-8-14(16-9-13)12(3)15-4/h7-9,11-12,15H,6,10H2,1-5H3. The van der Waals surface area contributed by atoms with Crippen LogP contribution < -0.4 is 10.2 Å².